The zero-order valence-electron chi connectivity index (χ0n) is 21.6. The molecule has 0 unspecified atom stereocenters. The number of carbonyl (C=O) groups is 1. The molecule has 0 spiro atoms. The van der Waals surface area contributed by atoms with Crippen molar-refractivity contribution >= 4 is 45.8 Å². The number of piperidine rings is 1. The number of carbonyl (C=O) groups excluding carboxylic acids is 1. The second-order valence-electron chi connectivity index (χ2n) is 10.6. The quantitative estimate of drug-likeness (QED) is 0.319. The summed E-state index contributed by atoms with van der Waals surface area (Å²) >= 11 is 12.8. The second kappa shape index (κ2) is 10.8. The Labute approximate surface area is 237 Å². The van der Waals surface area contributed by atoms with Crippen molar-refractivity contribution in [1.29, 1.82) is 0 Å². The van der Waals surface area contributed by atoms with Crippen molar-refractivity contribution in [3.63, 3.8) is 0 Å². The van der Waals surface area contributed by atoms with Gasteiger partial charge in [0.1, 0.15) is 11.1 Å². The topological polar surface area (TPSA) is 102 Å². The number of hydrogen-bond acceptors (Lipinski definition) is 6. The van der Waals surface area contributed by atoms with Crippen molar-refractivity contribution in [2.75, 3.05) is 18.0 Å². The molecule has 3 N–H and O–H groups in total. The molecule has 10 heteroatoms. The summed E-state index contributed by atoms with van der Waals surface area (Å²) < 4.78 is 1.85. The third-order valence-electron chi connectivity index (χ3n) is 8.15. The molecular weight excluding hydrogens is 533 g/mol. The number of para-hydroxylation sites is 1. The number of nitrogens with two attached hydrogens (primary N) is 1. The number of benzene rings is 2. The molecule has 3 heterocycles. The summed E-state index contributed by atoms with van der Waals surface area (Å²) in [5.74, 6) is 0.411. The number of fused-ring (bicyclic) bond motifs is 1. The number of aromatic nitrogens is 4. The zero-order valence-corrected chi connectivity index (χ0v) is 23.1. The largest absolute Gasteiger partial charge is 0.368 e. The SMILES string of the molecule is NC(=O)C1(NC2CCCCC2)CCN(c2nncc3c(-c4ccc(Cl)cc4)n(-c4ccccc4Cl)nc23)CC1. The molecule has 2 aromatic heterocycles. The number of primary amides is 1. The molecule has 0 bridgehead atoms. The Bertz CT molecular complexity index is 1490. The summed E-state index contributed by atoms with van der Waals surface area (Å²) in [4.78, 5) is 14.9. The zero-order chi connectivity index (χ0) is 27.0. The minimum atomic E-state index is -0.703. The van der Waals surface area contributed by atoms with E-state index in [0.29, 0.717) is 47.8 Å². The van der Waals surface area contributed by atoms with E-state index in [4.69, 9.17) is 34.0 Å². The van der Waals surface area contributed by atoms with Gasteiger partial charge in [0.15, 0.2) is 5.82 Å². The Morgan fingerprint density at radius 1 is 1.00 bits per heavy atom. The minimum Gasteiger partial charge on any atom is -0.368 e. The molecule has 0 atom stereocenters. The van der Waals surface area contributed by atoms with Crippen LogP contribution in [0.25, 0.3) is 27.8 Å². The Balaban J connectivity index is 1.38. The number of nitrogens with one attached hydrogen (secondary N) is 1. The van der Waals surface area contributed by atoms with Crippen molar-refractivity contribution < 1.29 is 4.79 Å². The number of anilines is 1. The molecule has 2 aromatic carbocycles. The fraction of sp³-hybridized carbons (Fsp3) is 0.379. The number of amides is 1. The first kappa shape index (κ1) is 26.0. The predicted octanol–water partition coefficient (Wildman–Crippen LogP) is 5.54. The molecule has 4 aromatic rings. The average Bonchev–Trinajstić information content (AvgIpc) is 3.34. The van der Waals surface area contributed by atoms with Crippen LogP contribution in [0, 0.1) is 0 Å². The standard InChI is InChI=1S/C29H31Cl2N7O/c30-20-12-10-19(11-13-20)26-22-18-33-35-27(25(22)36-38(26)24-9-5-4-8-23(24)31)37-16-14-29(15-17-37,28(32)39)34-21-6-2-1-3-7-21/h4-5,8-13,18,21,34H,1-3,6-7,14-17H2,(H2,32,39). The van der Waals surface area contributed by atoms with Crippen molar-refractivity contribution in [3.8, 4) is 16.9 Å². The maximum Gasteiger partial charge on any atom is 0.237 e. The van der Waals surface area contributed by atoms with Crippen LogP contribution in [0.5, 0.6) is 0 Å². The van der Waals surface area contributed by atoms with Gasteiger partial charge < -0.3 is 16.0 Å². The number of nitrogens with zero attached hydrogens (tertiary/aromatic N) is 5. The maximum atomic E-state index is 12.7. The third-order valence-corrected chi connectivity index (χ3v) is 8.72. The Morgan fingerprint density at radius 3 is 2.41 bits per heavy atom. The molecule has 39 heavy (non-hydrogen) atoms. The molecule has 202 valence electrons. The minimum absolute atomic E-state index is 0.273. The van der Waals surface area contributed by atoms with Crippen LogP contribution in [0.3, 0.4) is 0 Å². The van der Waals surface area contributed by atoms with E-state index in [1.807, 2.05) is 53.2 Å². The summed E-state index contributed by atoms with van der Waals surface area (Å²) in [6.45, 7) is 1.23. The molecule has 2 fully saturated rings. The van der Waals surface area contributed by atoms with Crippen LogP contribution >= 0.6 is 23.2 Å². The van der Waals surface area contributed by atoms with Gasteiger partial charge in [-0.05, 0) is 49.9 Å². The number of hydrogen-bond donors (Lipinski definition) is 2. The first-order chi connectivity index (χ1) is 18.9. The van der Waals surface area contributed by atoms with Gasteiger partial charge in [0.05, 0.1) is 28.0 Å². The lowest BCUT2D eigenvalue weighted by Crippen LogP contribution is -2.63. The van der Waals surface area contributed by atoms with Gasteiger partial charge in [-0.2, -0.15) is 10.2 Å². The van der Waals surface area contributed by atoms with E-state index in [2.05, 4.69) is 20.4 Å². The van der Waals surface area contributed by atoms with Crippen LogP contribution in [0.15, 0.2) is 54.7 Å². The second-order valence-corrected chi connectivity index (χ2v) is 11.4. The maximum absolute atomic E-state index is 12.7. The van der Waals surface area contributed by atoms with Gasteiger partial charge in [0, 0.05) is 29.7 Å². The first-order valence-corrected chi connectivity index (χ1v) is 14.3. The molecule has 0 radical (unpaired) electrons. The van der Waals surface area contributed by atoms with E-state index in [9.17, 15) is 4.79 Å². The van der Waals surface area contributed by atoms with E-state index in [-0.39, 0.29) is 5.91 Å². The molecule has 1 saturated carbocycles. The highest BCUT2D eigenvalue weighted by Gasteiger charge is 2.42. The molecule has 1 aliphatic heterocycles. The van der Waals surface area contributed by atoms with Crippen LogP contribution in [0.2, 0.25) is 10.0 Å². The molecule has 1 saturated heterocycles. The molecular formula is C29H31Cl2N7O. The lowest BCUT2D eigenvalue weighted by atomic mass is 9.83. The summed E-state index contributed by atoms with van der Waals surface area (Å²) in [7, 11) is 0. The normalized spacial score (nSPS) is 17.9. The van der Waals surface area contributed by atoms with Crippen molar-refractivity contribution in [2.24, 2.45) is 5.73 Å². The van der Waals surface area contributed by atoms with Crippen LogP contribution in [-0.2, 0) is 4.79 Å². The highest BCUT2D eigenvalue weighted by molar-refractivity contribution is 6.32. The Morgan fingerprint density at radius 2 is 1.72 bits per heavy atom. The van der Waals surface area contributed by atoms with Gasteiger partial charge in [-0.25, -0.2) is 4.68 Å². The van der Waals surface area contributed by atoms with Gasteiger partial charge >= 0.3 is 0 Å². The monoisotopic (exact) mass is 563 g/mol. The van der Waals surface area contributed by atoms with Crippen molar-refractivity contribution in [2.45, 2.75) is 56.5 Å². The molecule has 1 aliphatic carbocycles. The molecule has 8 nitrogen and oxygen atoms in total. The predicted molar refractivity (Wildman–Crippen MR) is 155 cm³/mol. The van der Waals surface area contributed by atoms with E-state index in [0.717, 1.165) is 40.7 Å². The van der Waals surface area contributed by atoms with E-state index >= 15 is 0 Å². The Kier molecular flexibility index (Phi) is 7.18. The number of rotatable bonds is 6. The van der Waals surface area contributed by atoms with Crippen LogP contribution in [-0.4, -0.2) is 50.6 Å². The van der Waals surface area contributed by atoms with E-state index < -0.39 is 5.54 Å². The van der Waals surface area contributed by atoms with Crippen molar-refractivity contribution in [3.05, 3.63) is 64.8 Å². The number of halogens is 2. The van der Waals surface area contributed by atoms with Gasteiger partial charge in [-0.1, -0.05) is 66.7 Å². The lowest BCUT2D eigenvalue weighted by molar-refractivity contribution is -0.125. The molecule has 6 rings (SSSR count). The first-order valence-electron chi connectivity index (χ1n) is 13.5. The highest BCUT2D eigenvalue weighted by atomic mass is 35.5. The lowest BCUT2D eigenvalue weighted by Gasteiger charge is -2.43. The fourth-order valence-electron chi connectivity index (χ4n) is 6.00. The fourth-order valence-corrected chi connectivity index (χ4v) is 6.34. The highest BCUT2D eigenvalue weighted by Crippen LogP contribution is 2.37. The van der Waals surface area contributed by atoms with E-state index in [1.165, 1.54) is 19.3 Å². The third kappa shape index (κ3) is 4.97. The average molecular weight is 565 g/mol. The van der Waals surface area contributed by atoms with Gasteiger partial charge in [0.2, 0.25) is 5.91 Å². The van der Waals surface area contributed by atoms with Crippen LogP contribution < -0.4 is 16.0 Å². The summed E-state index contributed by atoms with van der Waals surface area (Å²) in [5, 5.41) is 19.7. The van der Waals surface area contributed by atoms with Gasteiger partial charge in [-0.3, -0.25) is 4.79 Å². The molecule has 2 aliphatic rings. The van der Waals surface area contributed by atoms with Crippen LogP contribution in [0.4, 0.5) is 5.82 Å². The van der Waals surface area contributed by atoms with Crippen LogP contribution in [0.1, 0.15) is 44.9 Å². The smallest absolute Gasteiger partial charge is 0.237 e. The summed E-state index contributed by atoms with van der Waals surface area (Å²) in [6, 6.07) is 15.6. The van der Waals surface area contributed by atoms with Gasteiger partial charge in [-0.15, -0.1) is 5.10 Å². The van der Waals surface area contributed by atoms with Gasteiger partial charge in [0.25, 0.3) is 0 Å². The summed E-state index contributed by atoms with van der Waals surface area (Å²) in [6.07, 6.45) is 8.79. The molecule has 1 amide bonds. The van der Waals surface area contributed by atoms with E-state index in [1.54, 1.807) is 6.20 Å². The Hall–Kier alpha value is -3.20. The summed E-state index contributed by atoms with van der Waals surface area (Å²) in [5.41, 5.74) is 8.55. The van der Waals surface area contributed by atoms with Crippen molar-refractivity contribution in [1.82, 2.24) is 25.3 Å².